The lowest BCUT2D eigenvalue weighted by Crippen LogP contribution is -2.47. The number of anilines is 1. The molecule has 0 saturated carbocycles. The number of carbonyl (C=O) groups excluding carboxylic acids is 4. The first-order valence-corrected chi connectivity index (χ1v) is 13.0. The SMILES string of the molecule is Cc1ccc(C)c(NC(=O)C(OC(=O)C(Cc2ccccc2)N2C(=O)c3ccccc3C2=O)c2ccccc2)c1. The summed E-state index contributed by atoms with van der Waals surface area (Å²) in [4.78, 5) is 55.1. The molecule has 0 radical (unpaired) electrons. The molecule has 2 atom stereocenters. The lowest BCUT2D eigenvalue weighted by atomic mass is 10.0. The highest BCUT2D eigenvalue weighted by Gasteiger charge is 2.44. The number of rotatable bonds is 8. The maximum absolute atomic E-state index is 13.9. The second kappa shape index (κ2) is 11.4. The van der Waals surface area contributed by atoms with E-state index in [9.17, 15) is 19.2 Å². The van der Waals surface area contributed by atoms with Crippen LogP contribution >= 0.6 is 0 Å². The zero-order valence-corrected chi connectivity index (χ0v) is 22.2. The van der Waals surface area contributed by atoms with Crippen LogP contribution in [0.1, 0.15) is 49.1 Å². The van der Waals surface area contributed by atoms with Crippen LogP contribution < -0.4 is 5.32 Å². The minimum atomic E-state index is -1.32. The van der Waals surface area contributed by atoms with E-state index in [1.165, 1.54) is 0 Å². The van der Waals surface area contributed by atoms with E-state index < -0.39 is 35.8 Å². The number of esters is 1. The summed E-state index contributed by atoms with van der Waals surface area (Å²) in [6.45, 7) is 3.79. The Kier molecular flexibility index (Phi) is 7.55. The summed E-state index contributed by atoms with van der Waals surface area (Å²) in [5, 5.41) is 2.88. The zero-order valence-electron chi connectivity index (χ0n) is 22.2. The second-order valence-corrected chi connectivity index (χ2v) is 9.77. The number of carbonyl (C=O) groups is 4. The molecule has 4 aromatic rings. The van der Waals surface area contributed by atoms with Crippen molar-refractivity contribution in [1.82, 2.24) is 4.90 Å². The number of hydrogen-bond donors (Lipinski definition) is 1. The third-order valence-corrected chi connectivity index (χ3v) is 6.91. The molecule has 0 spiro atoms. The first-order chi connectivity index (χ1) is 19.3. The van der Waals surface area contributed by atoms with Gasteiger partial charge in [0.05, 0.1) is 11.1 Å². The molecule has 7 nitrogen and oxygen atoms in total. The standard InChI is InChI=1S/C33H28N2O5/c1-21-17-18-22(2)27(19-21)34-30(36)29(24-13-7-4-8-14-24)40-33(39)28(20-23-11-5-3-6-12-23)35-31(37)25-15-9-10-16-26(25)32(35)38/h3-19,28-29H,20H2,1-2H3,(H,34,36). The van der Waals surface area contributed by atoms with Crippen LogP contribution in [0.2, 0.25) is 0 Å². The van der Waals surface area contributed by atoms with Crippen LogP contribution in [0.25, 0.3) is 0 Å². The van der Waals surface area contributed by atoms with E-state index in [4.69, 9.17) is 4.74 Å². The van der Waals surface area contributed by atoms with E-state index in [0.717, 1.165) is 21.6 Å². The number of nitrogens with one attached hydrogen (secondary N) is 1. The predicted octanol–water partition coefficient (Wildman–Crippen LogP) is 5.43. The van der Waals surface area contributed by atoms with Crippen molar-refractivity contribution < 1.29 is 23.9 Å². The molecular formula is C33H28N2O5. The second-order valence-electron chi connectivity index (χ2n) is 9.77. The lowest BCUT2D eigenvalue weighted by molar-refractivity contribution is -0.158. The van der Waals surface area contributed by atoms with Gasteiger partial charge in [-0.15, -0.1) is 0 Å². The fourth-order valence-corrected chi connectivity index (χ4v) is 4.77. The van der Waals surface area contributed by atoms with Crippen molar-refractivity contribution in [3.8, 4) is 0 Å². The molecule has 1 N–H and O–H groups in total. The molecule has 7 heteroatoms. The number of hydrogen-bond acceptors (Lipinski definition) is 5. The molecule has 200 valence electrons. The Hall–Kier alpha value is -5.04. The number of benzene rings is 4. The number of aryl methyl sites for hydroxylation is 2. The molecule has 2 unspecified atom stereocenters. The van der Waals surface area contributed by atoms with Crippen molar-refractivity contribution in [3.63, 3.8) is 0 Å². The van der Waals surface area contributed by atoms with Crippen molar-refractivity contribution in [2.45, 2.75) is 32.4 Å². The molecule has 0 aromatic heterocycles. The first kappa shape index (κ1) is 26.6. The summed E-state index contributed by atoms with van der Waals surface area (Å²) >= 11 is 0. The minimum Gasteiger partial charge on any atom is -0.446 e. The molecule has 1 aliphatic rings. The maximum atomic E-state index is 13.9. The van der Waals surface area contributed by atoms with Gasteiger partial charge in [0.1, 0.15) is 6.04 Å². The van der Waals surface area contributed by atoms with E-state index in [1.54, 1.807) is 66.7 Å². The van der Waals surface area contributed by atoms with Gasteiger partial charge in [0.15, 0.2) is 0 Å². The Labute approximate surface area is 232 Å². The van der Waals surface area contributed by atoms with Gasteiger partial charge in [-0.05, 0) is 48.7 Å². The quantitative estimate of drug-likeness (QED) is 0.241. The van der Waals surface area contributed by atoms with E-state index in [-0.39, 0.29) is 17.5 Å². The molecule has 40 heavy (non-hydrogen) atoms. The van der Waals surface area contributed by atoms with Crippen LogP contribution in [-0.2, 0) is 20.7 Å². The molecule has 3 amide bonds. The lowest BCUT2D eigenvalue weighted by Gasteiger charge is -2.27. The van der Waals surface area contributed by atoms with Crippen LogP contribution in [0.4, 0.5) is 5.69 Å². The van der Waals surface area contributed by atoms with Crippen LogP contribution in [0.5, 0.6) is 0 Å². The molecule has 0 fully saturated rings. The maximum Gasteiger partial charge on any atom is 0.330 e. The van der Waals surface area contributed by atoms with Crippen molar-refractivity contribution in [2.75, 3.05) is 5.32 Å². The van der Waals surface area contributed by atoms with E-state index >= 15 is 0 Å². The van der Waals surface area contributed by atoms with Crippen molar-refractivity contribution in [2.24, 2.45) is 0 Å². The fraction of sp³-hybridized carbons (Fsp3) is 0.152. The van der Waals surface area contributed by atoms with E-state index in [1.807, 2.05) is 50.2 Å². The van der Waals surface area contributed by atoms with E-state index in [2.05, 4.69) is 5.32 Å². The summed E-state index contributed by atoms with van der Waals surface area (Å²) in [5.41, 5.74) is 4.06. The van der Waals surface area contributed by atoms with Gasteiger partial charge < -0.3 is 10.1 Å². The molecule has 0 bridgehead atoms. The minimum absolute atomic E-state index is 0.0330. The molecule has 4 aromatic carbocycles. The van der Waals surface area contributed by atoms with Gasteiger partial charge >= 0.3 is 5.97 Å². The number of ether oxygens (including phenoxy) is 1. The smallest absolute Gasteiger partial charge is 0.330 e. The number of nitrogens with zero attached hydrogens (tertiary/aromatic N) is 1. The van der Waals surface area contributed by atoms with Crippen molar-refractivity contribution in [1.29, 1.82) is 0 Å². The molecular weight excluding hydrogens is 504 g/mol. The predicted molar refractivity (Wildman–Crippen MR) is 151 cm³/mol. The first-order valence-electron chi connectivity index (χ1n) is 13.0. The Morgan fingerprint density at radius 3 is 1.98 bits per heavy atom. The summed E-state index contributed by atoms with van der Waals surface area (Å²) in [7, 11) is 0. The average molecular weight is 533 g/mol. The Bertz CT molecular complexity index is 1550. The summed E-state index contributed by atoms with van der Waals surface area (Å²) in [5.74, 6) is -2.55. The van der Waals surface area contributed by atoms with Gasteiger partial charge in [-0.25, -0.2) is 4.79 Å². The summed E-state index contributed by atoms with van der Waals surface area (Å²) < 4.78 is 5.89. The summed E-state index contributed by atoms with van der Waals surface area (Å²) in [6.07, 6.45) is -1.28. The highest BCUT2D eigenvalue weighted by Crippen LogP contribution is 2.29. The third kappa shape index (κ3) is 5.40. The van der Waals surface area contributed by atoms with Gasteiger partial charge in [-0.3, -0.25) is 19.3 Å². The van der Waals surface area contributed by atoms with Gasteiger partial charge in [0.25, 0.3) is 17.7 Å². The average Bonchev–Trinajstić information content (AvgIpc) is 3.22. The highest BCUT2D eigenvalue weighted by atomic mass is 16.5. The zero-order chi connectivity index (χ0) is 28.2. The van der Waals surface area contributed by atoms with Crippen LogP contribution in [0.15, 0.2) is 103 Å². The molecule has 0 aliphatic carbocycles. The van der Waals surface area contributed by atoms with Crippen LogP contribution in [0, 0.1) is 13.8 Å². The number of imide groups is 1. The third-order valence-electron chi connectivity index (χ3n) is 6.91. The normalized spacial score (nSPS) is 13.9. The van der Waals surface area contributed by atoms with Crippen molar-refractivity contribution >= 4 is 29.4 Å². The van der Waals surface area contributed by atoms with Crippen molar-refractivity contribution in [3.05, 3.63) is 137 Å². The Balaban J connectivity index is 1.49. The Morgan fingerprint density at radius 1 is 0.775 bits per heavy atom. The topological polar surface area (TPSA) is 92.8 Å². The Morgan fingerprint density at radius 2 is 1.35 bits per heavy atom. The molecule has 5 rings (SSSR count). The largest absolute Gasteiger partial charge is 0.446 e. The number of fused-ring (bicyclic) bond motifs is 1. The van der Waals surface area contributed by atoms with Gasteiger partial charge in [-0.1, -0.05) is 84.9 Å². The van der Waals surface area contributed by atoms with Gasteiger partial charge in [0.2, 0.25) is 6.10 Å². The fourth-order valence-electron chi connectivity index (χ4n) is 4.77. The van der Waals surface area contributed by atoms with Gasteiger partial charge in [-0.2, -0.15) is 0 Å². The van der Waals surface area contributed by atoms with Crippen LogP contribution in [-0.4, -0.2) is 34.6 Å². The van der Waals surface area contributed by atoms with Gasteiger partial charge in [0, 0.05) is 17.7 Å². The molecule has 1 heterocycles. The highest BCUT2D eigenvalue weighted by molar-refractivity contribution is 6.22. The van der Waals surface area contributed by atoms with Crippen LogP contribution in [0.3, 0.4) is 0 Å². The molecule has 1 aliphatic heterocycles. The molecule has 0 saturated heterocycles. The summed E-state index contributed by atoms with van der Waals surface area (Å²) in [6, 6.07) is 28.6. The number of amides is 3. The monoisotopic (exact) mass is 532 g/mol. The van der Waals surface area contributed by atoms with E-state index in [0.29, 0.717) is 11.3 Å².